The van der Waals surface area contributed by atoms with E-state index in [1.54, 1.807) is 0 Å². The molecule has 11 rings (SSSR count). The van der Waals surface area contributed by atoms with Crippen molar-refractivity contribution in [3.63, 3.8) is 0 Å². The van der Waals surface area contributed by atoms with Crippen LogP contribution < -0.4 is 9.80 Å². The Morgan fingerprint density at radius 2 is 0.689 bits per heavy atom. The normalized spacial score (nSPS) is 11.3. The van der Waals surface area contributed by atoms with Gasteiger partial charge < -0.3 is 9.80 Å². The smallest absolute Gasteiger partial charge is 0.0546 e. The third kappa shape index (κ3) is 7.01. The highest BCUT2D eigenvalue weighted by molar-refractivity contribution is 7.25. The van der Waals surface area contributed by atoms with Crippen molar-refractivity contribution in [1.82, 2.24) is 0 Å². The van der Waals surface area contributed by atoms with E-state index in [0.29, 0.717) is 0 Å². The lowest BCUT2D eigenvalue weighted by Gasteiger charge is -2.29. The third-order valence-electron chi connectivity index (χ3n) is 11.6. The Bertz CT molecular complexity index is 3230. The SMILES string of the molecule is c1ccc(-c2cc3ccccc3cc2N(c2ccc(-c3ccc(-c4ccc(N(c5ccccc5)c5ccccc5)cc4)cc3)cc2)c2ccc3c(c2)sc2ccccc23)cc1. The van der Waals surface area contributed by atoms with Crippen LogP contribution >= 0.6 is 11.3 Å². The van der Waals surface area contributed by atoms with Crippen molar-refractivity contribution >= 4 is 76.4 Å². The van der Waals surface area contributed by atoms with Crippen molar-refractivity contribution < 1.29 is 0 Å². The molecule has 0 aliphatic rings. The first-order chi connectivity index (χ1) is 30.2. The molecule has 0 bridgehead atoms. The van der Waals surface area contributed by atoms with E-state index in [1.165, 1.54) is 64.3 Å². The molecule has 0 atom stereocenters. The molecular weight excluding hydrogens is 757 g/mol. The monoisotopic (exact) mass is 796 g/mol. The second-order valence-corrected chi connectivity index (χ2v) is 16.5. The number of thiophene rings is 1. The summed E-state index contributed by atoms with van der Waals surface area (Å²) in [4.78, 5) is 4.73. The number of nitrogens with zero attached hydrogens (tertiary/aromatic N) is 2. The molecule has 10 aromatic carbocycles. The van der Waals surface area contributed by atoms with Crippen molar-refractivity contribution in [3.05, 3.63) is 243 Å². The summed E-state index contributed by atoms with van der Waals surface area (Å²) in [5, 5.41) is 5.03. The maximum absolute atomic E-state index is 2.44. The van der Waals surface area contributed by atoms with Gasteiger partial charge in [0.1, 0.15) is 0 Å². The number of benzene rings is 10. The lowest BCUT2D eigenvalue weighted by Crippen LogP contribution is -2.11. The van der Waals surface area contributed by atoms with E-state index >= 15 is 0 Å². The van der Waals surface area contributed by atoms with Gasteiger partial charge in [0.25, 0.3) is 0 Å². The molecule has 0 saturated heterocycles. The fourth-order valence-corrected chi connectivity index (χ4v) is 9.74. The zero-order chi connectivity index (χ0) is 40.5. The predicted octanol–water partition coefficient (Wildman–Crippen LogP) is 17.1. The molecule has 2 nitrogen and oxygen atoms in total. The number of fused-ring (bicyclic) bond motifs is 4. The molecule has 0 unspecified atom stereocenters. The Kier molecular flexibility index (Phi) is 9.42. The van der Waals surface area contributed by atoms with E-state index in [0.717, 1.165) is 34.1 Å². The van der Waals surface area contributed by atoms with Crippen LogP contribution in [-0.4, -0.2) is 0 Å². The van der Waals surface area contributed by atoms with Gasteiger partial charge in [0.05, 0.1) is 5.69 Å². The van der Waals surface area contributed by atoms with E-state index in [4.69, 9.17) is 0 Å². The molecule has 0 aliphatic carbocycles. The van der Waals surface area contributed by atoms with E-state index in [2.05, 4.69) is 252 Å². The first-order valence-electron chi connectivity index (χ1n) is 20.7. The van der Waals surface area contributed by atoms with Gasteiger partial charge in [-0.1, -0.05) is 164 Å². The van der Waals surface area contributed by atoms with E-state index in [-0.39, 0.29) is 0 Å². The van der Waals surface area contributed by atoms with Crippen LogP contribution in [0, 0.1) is 0 Å². The lowest BCUT2D eigenvalue weighted by atomic mass is 9.97. The van der Waals surface area contributed by atoms with Gasteiger partial charge in [0.2, 0.25) is 0 Å². The van der Waals surface area contributed by atoms with Crippen molar-refractivity contribution in [2.24, 2.45) is 0 Å². The molecule has 1 heterocycles. The maximum Gasteiger partial charge on any atom is 0.0546 e. The molecule has 3 heteroatoms. The maximum atomic E-state index is 2.44. The highest BCUT2D eigenvalue weighted by Gasteiger charge is 2.20. The van der Waals surface area contributed by atoms with Crippen LogP contribution in [0.25, 0.3) is 64.3 Å². The van der Waals surface area contributed by atoms with Gasteiger partial charge in [0, 0.05) is 54.2 Å². The minimum atomic E-state index is 1.11. The minimum absolute atomic E-state index is 1.11. The number of hydrogen-bond donors (Lipinski definition) is 0. The van der Waals surface area contributed by atoms with Gasteiger partial charge in [-0.25, -0.2) is 0 Å². The summed E-state index contributed by atoms with van der Waals surface area (Å²) < 4.78 is 2.59. The molecule has 61 heavy (non-hydrogen) atoms. The van der Waals surface area contributed by atoms with Gasteiger partial charge in [-0.3, -0.25) is 0 Å². The minimum Gasteiger partial charge on any atom is -0.311 e. The summed E-state index contributed by atoms with van der Waals surface area (Å²) in [5.74, 6) is 0. The van der Waals surface area contributed by atoms with Crippen LogP contribution in [0.5, 0.6) is 0 Å². The van der Waals surface area contributed by atoms with Gasteiger partial charge in [0.15, 0.2) is 0 Å². The van der Waals surface area contributed by atoms with Crippen LogP contribution in [0.3, 0.4) is 0 Å². The second-order valence-electron chi connectivity index (χ2n) is 15.4. The average Bonchev–Trinajstić information content (AvgIpc) is 3.71. The summed E-state index contributed by atoms with van der Waals surface area (Å²) in [6, 6.07) is 87.8. The van der Waals surface area contributed by atoms with Gasteiger partial charge in [-0.15, -0.1) is 11.3 Å². The molecular formula is C58H40N2S. The van der Waals surface area contributed by atoms with Crippen LogP contribution in [-0.2, 0) is 0 Å². The standard InChI is InChI=1S/C58H40N2S/c1-4-14-45(15-5-1)55-38-46-16-10-11-17-47(46)39-56(55)60(52-36-37-54-53-22-12-13-23-57(53)61-58(54)40-52)51-34-30-44(31-35-51)42-26-24-41(25-27-42)43-28-32-50(33-29-43)59(48-18-6-2-7-19-48)49-20-8-3-9-21-49/h1-40H. The number of anilines is 6. The van der Waals surface area contributed by atoms with E-state index < -0.39 is 0 Å². The van der Waals surface area contributed by atoms with Crippen molar-refractivity contribution in [2.75, 3.05) is 9.80 Å². The molecule has 0 aliphatic heterocycles. The van der Waals surface area contributed by atoms with Crippen molar-refractivity contribution in [1.29, 1.82) is 0 Å². The summed E-state index contributed by atoms with van der Waals surface area (Å²) in [5.41, 5.74) is 13.9. The molecule has 0 saturated carbocycles. The van der Waals surface area contributed by atoms with Gasteiger partial charge in [-0.05, 0) is 117 Å². The number of rotatable bonds is 9. The van der Waals surface area contributed by atoms with E-state index in [1.807, 2.05) is 11.3 Å². The number of hydrogen-bond acceptors (Lipinski definition) is 3. The first-order valence-corrected chi connectivity index (χ1v) is 21.6. The second kappa shape index (κ2) is 15.8. The summed E-state index contributed by atoms with van der Waals surface area (Å²) in [7, 11) is 0. The Morgan fingerprint density at radius 3 is 1.28 bits per heavy atom. The molecule has 0 N–H and O–H groups in total. The molecule has 0 amide bonds. The summed E-state index contributed by atoms with van der Waals surface area (Å²) >= 11 is 1.86. The predicted molar refractivity (Wildman–Crippen MR) is 263 cm³/mol. The highest BCUT2D eigenvalue weighted by atomic mass is 32.1. The largest absolute Gasteiger partial charge is 0.311 e. The third-order valence-corrected chi connectivity index (χ3v) is 12.8. The zero-order valence-corrected chi connectivity index (χ0v) is 34.2. The quantitative estimate of drug-likeness (QED) is 0.144. The zero-order valence-electron chi connectivity index (χ0n) is 33.4. The molecule has 1 aromatic heterocycles. The fraction of sp³-hybridized carbons (Fsp3) is 0. The molecule has 0 fully saturated rings. The Morgan fingerprint density at radius 1 is 0.262 bits per heavy atom. The van der Waals surface area contributed by atoms with Gasteiger partial charge in [-0.2, -0.15) is 0 Å². The average molecular weight is 797 g/mol. The summed E-state index contributed by atoms with van der Waals surface area (Å²) in [6.07, 6.45) is 0. The Hall–Kier alpha value is -7.72. The fourth-order valence-electron chi connectivity index (χ4n) is 8.61. The lowest BCUT2D eigenvalue weighted by molar-refractivity contribution is 1.28. The first kappa shape index (κ1) is 36.4. The van der Waals surface area contributed by atoms with Gasteiger partial charge >= 0.3 is 0 Å². The van der Waals surface area contributed by atoms with Crippen LogP contribution in [0.1, 0.15) is 0 Å². The van der Waals surface area contributed by atoms with Crippen LogP contribution in [0.15, 0.2) is 243 Å². The number of para-hydroxylation sites is 2. The topological polar surface area (TPSA) is 6.48 Å². The van der Waals surface area contributed by atoms with E-state index in [9.17, 15) is 0 Å². The molecule has 0 radical (unpaired) electrons. The molecule has 0 spiro atoms. The van der Waals surface area contributed by atoms with Crippen LogP contribution in [0.4, 0.5) is 34.1 Å². The Balaban J connectivity index is 0.946. The molecule has 11 aromatic rings. The highest BCUT2D eigenvalue weighted by Crippen LogP contribution is 2.46. The van der Waals surface area contributed by atoms with Crippen molar-refractivity contribution in [3.8, 4) is 33.4 Å². The van der Waals surface area contributed by atoms with Crippen LogP contribution in [0.2, 0.25) is 0 Å². The Labute approximate surface area is 360 Å². The summed E-state index contributed by atoms with van der Waals surface area (Å²) in [6.45, 7) is 0. The molecule has 288 valence electrons. The van der Waals surface area contributed by atoms with Crippen molar-refractivity contribution in [2.45, 2.75) is 0 Å².